The number of allylic oxidation sites excluding steroid dienone is 2. The molecular weight excluding hydrogens is 307 g/mol. The van der Waals surface area contributed by atoms with E-state index in [-0.39, 0.29) is 0 Å². The molecule has 0 N–H and O–H groups in total. The Morgan fingerprint density at radius 1 is 1.31 bits per heavy atom. The molecule has 90 valence electrons. The van der Waals surface area contributed by atoms with Crippen molar-refractivity contribution in [2.75, 3.05) is 0 Å². The molecule has 0 spiro atoms. The monoisotopic (exact) mass is 330 g/mol. The summed E-state index contributed by atoms with van der Waals surface area (Å²) >= 11 is 2.75. The van der Waals surface area contributed by atoms with Crippen LogP contribution < -0.4 is 0 Å². The number of rotatable bonds is 2. The van der Waals surface area contributed by atoms with Crippen LogP contribution in [0.3, 0.4) is 0 Å². The first kappa shape index (κ1) is 11.6. The van der Waals surface area contributed by atoms with Gasteiger partial charge < -0.3 is 0 Å². The van der Waals surface area contributed by atoms with Crippen LogP contribution in [-0.2, 0) is 0 Å². The number of alkyl halides is 1. The van der Waals surface area contributed by atoms with Crippen LogP contribution >= 0.6 is 22.6 Å². The van der Waals surface area contributed by atoms with Gasteiger partial charge in [-0.25, -0.2) is 0 Å². The van der Waals surface area contributed by atoms with Gasteiger partial charge in [-0.2, -0.15) is 0 Å². The first-order chi connectivity index (χ1) is 7.54. The van der Waals surface area contributed by atoms with Gasteiger partial charge in [0.2, 0.25) is 0 Å². The van der Waals surface area contributed by atoms with Crippen LogP contribution in [-0.4, -0.2) is 3.92 Å². The second-order valence-corrected chi connectivity index (χ2v) is 7.98. The van der Waals surface area contributed by atoms with Crippen LogP contribution in [0.4, 0.5) is 0 Å². The van der Waals surface area contributed by atoms with E-state index in [0.717, 1.165) is 21.7 Å². The van der Waals surface area contributed by atoms with Crippen molar-refractivity contribution in [1.82, 2.24) is 0 Å². The summed E-state index contributed by atoms with van der Waals surface area (Å²) in [5.74, 6) is 2.92. The van der Waals surface area contributed by atoms with E-state index in [4.69, 9.17) is 0 Å². The number of hydrogen-bond donors (Lipinski definition) is 0. The summed E-state index contributed by atoms with van der Waals surface area (Å²) in [6.07, 6.45) is 7.23. The van der Waals surface area contributed by atoms with Crippen molar-refractivity contribution in [3.63, 3.8) is 0 Å². The third-order valence-electron chi connectivity index (χ3n) is 5.51. The van der Waals surface area contributed by atoms with Gasteiger partial charge in [0.15, 0.2) is 0 Å². The van der Waals surface area contributed by atoms with Crippen LogP contribution in [0, 0.1) is 23.2 Å². The van der Waals surface area contributed by atoms with Gasteiger partial charge in [0.1, 0.15) is 0 Å². The van der Waals surface area contributed by atoms with E-state index in [1.165, 1.54) is 32.1 Å². The summed E-state index contributed by atoms with van der Waals surface area (Å²) in [6.45, 7) is 7.47. The average Bonchev–Trinajstić information content (AvgIpc) is 2.72. The molecule has 16 heavy (non-hydrogen) atoms. The second kappa shape index (κ2) is 3.73. The Balaban J connectivity index is 1.87. The molecule has 3 aliphatic carbocycles. The van der Waals surface area contributed by atoms with E-state index in [1.807, 2.05) is 11.1 Å². The van der Waals surface area contributed by atoms with Crippen LogP contribution in [0.5, 0.6) is 0 Å². The fraction of sp³-hybridized carbons (Fsp3) is 0.867. The molecule has 1 fully saturated rings. The Hall–Kier alpha value is 0.470. The maximum atomic E-state index is 2.75. The number of halogens is 1. The first-order valence-electron chi connectivity index (χ1n) is 6.90. The molecule has 0 aromatic carbocycles. The lowest BCUT2D eigenvalue weighted by Crippen LogP contribution is -2.29. The van der Waals surface area contributed by atoms with E-state index >= 15 is 0 Å². The Morgan fingerprint density at radius 3 is 2.62 bits per heavy atom. The molecule has 1 saturated carbocycles. The highest BCUT2D eigenvalue weighted by atomic mass is 127. The maximum absolute atomic E-state index is 2.75. The van der Waals surface area contributed by atoms with Crippen molar-refractivity contribution in [3.05, 3.63) is 11.1 Å². The fourth-order valence-corrected chi connectivity index (χ4v) is 5.34. The molecule has 5 atom stereocenters. The summed E-state index contributed by atoms with van der Waals surface area (Å²) in [7, 11) is 0. The Bertz CT molecular complexity index is 343. The predicted octanol–water partition coefficient (Wildman–Crippen LogP) is 4.97. The summed E-state index contributed by atoms with van der Waals surface area (Å²) in [5.41, 5.74) is 4.30. The smallest absolute Gasteiger partial charge is 0.0264 e. The molecule has 3 rings (SSSR count). The summed E-state index contributed by atoms with van der Waals surface area (Å²) in [6, 6.07) is 0. The highest BCUT2D eigenvalue weighted by Crippen LogP contribution is 2.61. The summed E-state index contributed by atoms with van der Waals surface area (Å²) in [5, 5.41) is 0. The molecule has 0 aliphatic heterocycles. The fourth-order valence-electron chi connectivity index (χ4n) is 4.28. The average molecular weight is 330 g/mol. The zero-order valence-corrected chi connectivity index (χ0v) is 12.9. The molecular formula is C15H23I. The van der Waals surface area contributed by atoms with E-state index in [0.29, 0.717) is 5.41 Å². The normalized spacial score (nSPS) is 51.0. The topological polar surface area (TPSA) is 0 Å². The molecule has 0 nitrogen and oxygen atoms in total. The molecule has 5 unspecified atom stereocenters. The minimum Gasteiger partial charge on any atom is -0.0810 e. The Labute approximate surface area is 113 Å². The third-order valence-corrected chi connectivity index (χ3v) is 7.96. The minimum absolute atomic E-state index is 0.557. The van der Waals surface area contributed by atoms with Crippen molar-refractivity contribution in [2.24, 2.45) is 23.2 Å². The lowest BCUT2D eigenvalue weighted by molar-refractivity contribution is 0.321. The molecule has 0 heterocycles. The third kappa shape index (κ3) is 1.53. The van der Waals surface area contributed by atoms with Gasteiger partial charge in [0.05, 0.1) is 0 Å². The second-order valence-electron chi connectivity index (χ2n) is 6.64. The molecule has 0 radical (unpaired) electrons. The van der Waals surface area contributed by atoms with Gasteiger partial charge in [-0.15, -0.1) is 0 Å². The van der Waals surface area contributed by atoms with Crippen molar-refractivity contribution >= 4 is 22.6 Å². The Kier molecular flexibility index (Phi) is 2.69. The van der Waals surface area contributed by atoms with Crippen molar-refractivity contribution < 1.29 is 0 Å². The Morgan fingerprint density at radius 2 is 2.00 bits per heavy atom. The van der Waals surface area contributed by atoms with Crippen LogP contribution in [0.25, 0.3) is 0 Å². The van der Waals surface area contributed by atoms with E-state index in [9.17, 15) is 0 Å². The molecule has 0 bridgehead atoms. The minimum atomic E-state index is 0.557. The van der Waals surface area contributed by atoms with Crippen molar-refractivity contribution in [3.8, 4) is 0 Å². The predicted molar refractivity (Wildman–Crippen MR) is 77.8 cm³/mol. The highest BCUT2D eigenvalue weighted by Gasteiger charge is 2.51. The highest BCUT2D eigenvalue weighted by molar-refractivity contribution is 14.1. The quantitative estimate of drug-likeness (QED) is 0.381. The van der Waals surface area contributed by atoms with Crippen LogP contribution in [0.1, 0.15) is 52.9 Å². The van der Waals surface area contributed by atoms with Gasteiger partial charge in [-0.05, 0) is 49.9 Å². The maximum Gasteiger partial charge on any atom is 0.0264 e. The lowest BCUT2D eigenvalue weighted by Gasteiger charge is -2.34. The molecule has 0 aromatic rings. The zero-order chi connectivity index (χ0) is 11.5. The standard InChI is InChI=1S/C15H23I/c1-9-7-11(9)8-15(3)13-6-4-5-12(13)10(2)14(15)16/h9-11,14H,4-8H2,1-3H3. The van der Waals surface area contributed by atoms with Gasteiger partial charge in [-0.1, -0.05) is 54.5 Å². The molecule has 1 heteroatoms. The van der Waals surface area contributed by atoms with E-state index in [2.05, 4.69) is 43.4 Å². The summed E-state index contributed by atoms with van der Waals surface area (Å²) < 4.78 is 0.864. The van der Waals surface area contributed by atoms with Gasteiger partial charge >= 0.3 is 0 Å². The van der Waals surface area contributed by atoms with Gasteiger partial charge in [0.25, 0.3) is 0 Å². The SMILES string of the molecule is CC1CC1CC1(C)C2=C(CCC2)C(C)C1I. The molecule has 3 aliphatic rings. The van der Waals surface area contributed by atoms with E-state index in [1.54, 1.807) is 0 Å². The van der Waals surface area contributed by atoms with Gasteiger partial charge in [-0.3, -0.25) is 0 Å². The van der Waals surface area contributed by atoms with Crippen molar-refractivity contribution in [2.45, 2.75) is 56.8 Å². The van der Waals surface area contributed by atoms with Crippen LogP contribution in [0.2, 0.25) is 0 Å². The van der Waals surface area contributed by atoms with Crippen LogP contribution in [0.15, 0.2) is 11.1 Å². The summed E-state index contributed by atoms with van der Waals surface area (Å²) in [4.78, 5) is 0. The van der Waals surface area contributed by atoms with E-state index < -0.39 is 0 Å². The zero-order valence-electron chi connectivity index (χ0n) is 10.7. The number of hydrogen-bond acceptors (Lipinski definition) is 0. The van der Waals surface area contributed by atoms with Gasteiger partial charge in [0, 0.05) is 9.34 Å². The largest absolute Gasteiger partial charge is 0.0810 e. The molecule has 0 amide bonds. The molecule has 0 aromatic heterocycles. The lowest BCUT2D eigenvalue weighted by atomic mass is 9.76. The molecule has 0 saturated heterocycles. The first-order valence-corrected chi connectivity index (χ1v) is 8.15. The van der Waals surface area contributed by atoms with Crippen molar-refractivity contribution in [1.29, 1.82) is 0 Å².